The van der Waals surface area contributed by atoms with E-state index in [1.807, 2.05) is 6.07 Å². The van der Waals surface area contributed by atoms with Gasteiger partial charge in [0.1, 0.15) is 0 Å². The van der Waals surface area contributed by atoms with Crippen LogP contribution in [0.4, 0.5) is 0 Å². The van der Waals surface area contributed by atoms with Gasteiger partial charge in [-0.3, -0.25) is 0 Å². The van der Waals surface area contributed by atoms with Gasteiger partial charge in [-0.1, -0.05) is 29.3 Å². The Hall–Kier alpha value is -0.830. The molecule has 96 valence electrons. The summed E-state index contributed by atoms with van der Waals surface area (Å²) < 4.78 is 0.828. The number of halogens is 1. The lowest BCUT2D eigenvalue weighted by Gasteiger charge is -2.17. The highest BCUT2D eigenvalue weighted by molar-refractivity contribution is 7.16. The van der Waals surface area contributed by atoms with E-state index in [0.29, 0.717) is 0 Å². The second-order valence-corrected chi connectivity index (χ2v) is 6.63. The van der Waals surface area contributed by atoms with Crippen molar-refractivity contribution < 1.29 is 0 Å². The summed E-state index contributed by atoms with van der Waals surface area (Å²) in [6.45, 7) is 6.39. The van der Waals surface area contributed by atoms with E-state index in [1.165, 1.54) is 27.1 Å². The molecule has 1 unspecified atom stereocenters. The lowest BCUT2D eigenvalue weighted by atomic mass is 9.92. The number of benzene rings is 1. The second-order valence-electron chi connectivity index (χ2n) is 4.83. The monoisotopic (exact) mass is 279 g/mol. The highest BCUT2D eigenvalue weighted by Crippen LogP contribution is 2.28. The molecule has 0 radical (unpaired) electrons. The van der Waals surface area contributed by atoms with Crippen molar-refractivity contribution in [3.8, 4) is 0 Å². The standard InChI is InChI=1S/C15H18ClNS/c1-9-6-10(2)15(11(3)7-9)13(17)8-12-4-5-14(16)18-12/h4-7,13H,8,17H2,1-3H3. The van der Waals surface area contributed by atoms with Gasteiger partial charge in [0.05, 0.1) is 4.34 Å². The number of hydrogen-bond donors (Lipinski definition) is 1. The Kier molecular flexibility index (Phi) is 4.10. The number of thiophene rings is 1. The molecule has 0 saturated heterocycles. The smallest absolute Gasteiger partial charge is 0.0931 e. The van der Waals surface area contributed by atoms with Gasteiger partial charge in [0.2, 0.25) is 0 Å². The minimum atomic E-state index is 0.0420. The van der Waals surface area contributed by atoms with E-state index in [4.69, 9.17) is 17.3 Å². The van der Waals surface area contributed by atoms with E-state index in [-0.39, 0.29) is 6.04 Å². The number of aryl methyl sites for hydroxylation is 3. The molecule has 0 spiro atoms. The molecule has 1 atom stereocenters. The van der Waals surface area contributed by atoms with E-state index in [2.05, 4.69) is 39.0 Å². The van der Waals surface area contributed by atoms with Crippen molar-refractivity contribution in [1.29, 1.82) is 0 Å². The molecule has 1 aromatic heterocycles. The zero-order valence-electron chi connectivity index (χ0n) is 11.0. The molecule has 2 aromatic rings. The molecule has 0 bridgehead atoms. The van der Waals surface area contributed by atoms with Crippen LogP contribution in [-0.2, 0) is 6.42 Å². The Balaban J connectivity index is 2.26. The molecule has 0 amide bonds. The molecule has 1 aromatic carbocycles. The highest BCUT2D eigenvalue weighted by atomic mass is 35.5. The van der Waals surface area contributed by atoms with E-state index in [9.17, 15) is 0 Å². The van der Waals surface area contributed by atoms with Crippen LogP contribution in [0.3, 0.4) is 0 Å². The van der Waals surface area contributed by atoms with Crippen molar-refractivity contribution in [3.63, 3.8) is 0 Å². The maximum atomic E-state index is 6.35. The van der Waals surface area contributed by atoms with Crippen LogP contribution in [0.1, 0.15) is 33.2 Å². The van der Waals surface area contributed by atoms with Crippen LogP contribution in [0.15, 0.2) is 24.3 Å². The highest BCUT2D eigenvalue weighted by Gasteiger charge is 2.14. The lowest BCUT2D eigenvalue weighted by Crippen LogP contribution is -2.15. The first kappa shape index (κ1) is 13.6. The summed E-state index contributed by atoms with van der Waals surface area (Å²) in [6, 6.07) is 8.43. The van der Waals surface area contributed by atoms with Gasteiger partial charge in [0.25, 0.3) is 0 Å². The first-order chi connectivity index (χ1) is 8.47. The molecule has 2 rings (SSSR count). The second kappa shape index (κ2) is 5.43. The zero-order chi connectivity index (χ0) is 13.3. The third-order valence-corrected chi connectivity index (χ3v) is 4.41. The topological polar surface area (TPSA) is 26.0 Å². The summed E-state index contributed by atoms with van der Waals surface area (Å²) in [5, 5.41) is 0. The average Bonchev–Trinajstić information content (AvgIpc) is 2.62. The Bertz CT molecular complexity index is 536. The fraction of sp³-hybridized carbons (Fsp3) is 0.333. The van der Waals surface area contributed by atoms with Crippen LogP contribution in [0.5, 0.6) is 0 Å². The van der Waals surface area contributed by atoms with E-state index >= 15 is 0 Å². The molecule has 0 aliphatic heterocycles. The molecule has 2 N–H and O–H groups in total. The summed E-state index contributed by atoms with van der Waals surface area (Å²) in [5.74, 6) is 0. The van der Waals surface area contributed by atoms with Gasteiger partial charge < -0.3 is 5.73 Å². The van der Waals surface area contributed by atoms with E-state index in [0.717, 1.165) is 10.8 Å². The lowest BCUT2D eigenvalue weighted by molar-refractivity contribution is 0.718. The third kappa shape index (κ3) is 2.94. The van der Waals surface area contributed by atoms with Gasteiger partial charge >= 0.3 is 0 Å². The largest absolute Gasteiger partial charge is 0.324 e. The Morgan fingerprint density at radius 1 is 1.17 bits per heavy atom. The molecule has 1 heterocycles. The van der Waals surface area contributed by atoms with Crippen LogP contribution in [0.25, 0.3) is 0 Å². The summed E-state index contributed by atoms with van der Waals surface area (Å²) in [5.41, 5.74) is 11.5. The SMILES string of the molecule is Cc1cc(C)c(C(N)Cc2ccc(Cl)s2)c(C)c1. The van der Waals surface area contributed by atoms with Gasteiger partial charge in [-0.05, 0) is 49.6 Å². The van der Waals surface area contributed by atoms with Crippen LogP contribution in [0.2, 0.25) is 4.34 Å². The zero-order valence-corrected chi connectivity index (χ0v) is 12.5. The summed E-state index contributed by atoms with van der Waals surface area (Å²) in [7, 11) is 0. The van der Waals surface area contributed by atoms with Gasteiger partial charge in [-0.15, -0.1) is 11.3 Å². The minimum absolute atomic E-state index is 0.0420. The Labute approximate surface area is 118 Å². The maximum absolute atomic E-state index is 6.35. The fourth-order valence-corrected chi connectivity index (χ4v) is 3.70. The van der Waals surface area contributed by atoms with E-state index in [1.54, 1.807) is 11.3 Å². The van der Waals surface area contributed by atoms with Crippen molar-refractivity contribution in [2.24, 2.45) is 5.73 Å². The summed E-state index contributed by atoms with van der Waals surface area (Å²) in [6.07, 6.45) is 0.849. The predicted octanol–water partition coefficient (Wildman–Crippen LogP) is 4.57. The molecule has 18 heavy (non-hydrogen) atoms. The van der Waals surface area contributed by atoms with Crippen LogP contribution >= 0.6 is 22.9 Å². The van der Waals surface area contributed by atoms with Gasteiger partial charge in [0.15, 0.2) is 0 Å². The van der Waals surface area contributed by atoms with Gasteiger partial charge in [-0.2, -0.15) is 0 Å². The average molecular weight is 280 g/mol. The predicted molar refractivity (Wildman–Crippen MR) is 80.6 cm³/mol. The molecule has 0 fully saturated rings. The molecule has 3 heteroatoms. The Morgan fingerprint density at radius 2 is 1.78 bits per heavy atom. The van der Waals surface area contributed by atoms with E-state index < -0.39 is 0 Å². The fourth-order valence-electron chi connectivity index (χ4n) is 2.56. The summed E-state index contributed by atoms with van der Waals surface area (Å²) in [4.78, 5) is 1.24. The number of nitrogens with two attached hydrogens (primary N) is 1. The van der Waals surface area contributed by atoms with Crippen LogP contribution < -0.4 is 5.73 Å². The quantitative estimate of drug-likeness (QED) is 0.875. The van der Waals surface area contributed by atoms with Crippen molar-refractivity contribution >= 4 is 22.9 Å². The van der Waals surface area contributed by atoms with Crippen LogP contribution in [0, 0.1) is 20.8 Å². The minimum Gasteiger partial charge on any atom is -0.324 e. The first-order valence-electron chi connectivity index (χ1n) is 6.05. The van der Waals surface area contributed by atoms with Crippen molar-refractivity contribution in [1.82, 2.24) is 0 Å². The summed E-state index contributed by atoms with van der Waals surface area (Å²) >= 11 is 7.56. The van der Waals surface area contributed by atoms with Crippen molar-refractivity contribution in [2.45, 2.75) is 33.2 Å². The van der Waals surface area contributed by atoms with Crippen molar-refractivity contribution in [3.05, 3.63) is 55.7 Å². The normalized spacial score (nSPS) is 12.7. The van der Waals surface area contributed by atoms with Gasteiger partial charge in [-0.25, -0.2) is 0 Å². The molecule has 0 aliphatic carbocycles. The molecule has 1 nitrogen and oxygen atoms in total. The van der Waals surface area contributed by atoms with Gasteiger partial charge in [0, 0.05) is 17.3 Å². The third-order valence-electron chi connectivity index (χ3n) is 3.16. The molecule has 0 saturated carbocycles. The molecular formula is C15H18ClNS. The number of hydrogen-bond acceptors (Lipinski definition) is 2. The first-order valence-corrected chi connectivity index (χ1v) is 7.24. The number of rotatable bonds is 3. The van der Waals surface area contributed by atoms with Crippen LogP contribution in [-0.4, -0.2) is 0 Å². The maximum Gasteiger partial charge on any atom is 0.0931 e. The Morgan fingerprint density at radius 3 is 2.28 bits per heavy atom. The molecular weight excluding hydrogens is 262 g/mol. The molecule has 0 aliphatic rings. The van der Waals surface area contributed by atoms with Crippen molar-refractivity contribution in [2.75, 3.05) is 0 Å².